The topological polar surface area (TPSA) is 26.3 Å². The molecule has 0 aromatic heterocycles. The number of carbonyl (C=O) groups excluding carboxylic acids is 1. The fourth-order valence-electron chi connectivity index (χ4n) is 3.10. The van der Waals surface area contributed by atoms with Crippen LogP contribution in [0.3, 0.4) is 0 Å². The summed E-state index contributed by atoms with van der Waals surface area (Å²) in [6.45, 7) is 0. The van der Waals surface area contributed by atoms with Gasteiger partial charge in [0.2, 0.25) is 0 Å². The van der Waals surface area contributed by atoms with E-state index in [1.807, 2.05) is 0 Å². The van der Waals surface area contributed by atoms with Crippen molar-refractivity contribution in [1.82, 2.24) is 0 Å². The van der Waals surface area contributed by atoms with Gasteiger partial charge in [0.25, 0.3) is 0 Å². The zero-order valence-corrected chi connectivity index (χ0v) is 10.2. The monoisotopic (exact) mass is 222 g/mol. The van der Waals surface area contributed by atoms with Crippen molar-refractivity contribution >= 4 is 5.97 Å². The first-order chi connectivity index (χ1) is 7.81. The molecule has 0 bridgehead atoms. The van der Waals surface area contributed by atoms with Crippen LogP contribution in [0.2, 0.25) is 0 Å². The van der Waals surface area contributed by atoms with Gasteiger partial charge in [-0.05, 0) is 37.5 Å². The summed E-state index contributed by atoms with van der Waals surface area (Å²) in [4.78, 5) is 11.8. The summed E-state index contributed by atoms with van der Waals surface area (Å²) in [5, 5.41) is 0. The molecule has 2 nitrogen and oxygen atoms in total. The average molecular weight is 222 g/mol. The molecule has 0 unspecified atom stereocenters. The molecule has 0 atom stereocenters. The normalized spacial score (nSPS) is 23.9. The maximum Gasteiger partial charge on any atom is 0.333 e. The minimum absolute atomic E-state index is 0.0844. The van der Waals surface area contributed by atoms with E-state index in [2.05, 4.69) is 6.08 Å². The van der Waals surface area contributed by atoms with Gasteiger partial charge in [-0.1, -0.05) is 31.8 Å². The van der Waals surface area contributed by atoms with E-state index in [0.29, 0.717) is 11.8 Å². The highest BCUT2D eigenvalue weighted by molar-refractivity contribution is 5.89. The van der Waals surface area contributed by atoms with Crippen molar-refractivity contribution in [2.75, 3.05) is 7.11 Å². The van der Waals surface area contributed by atoms with Crippen LogP contribution in [0.1, 0.15) is 51.4 Å². The molecule has 0 aliphatic heterocycles. The first kappa shape index (κ1) is 11.7. The van der Waals surface area contributed by atoms with Gasteiger partial charge in [0, 0.05) is 5.57 Å². The molecule has 0 N–H and O–H groups in total. The molecule has 2 heteroatoms. The highest BCUT2D eigenvalue weighted by atomic mass is 16.5. The van der Waals surface area contributed by atoms with Crippen molar-refractivity contribution in [3.05, 3.63) is 11.6 Å². The van der Waals surface area contributed by atoms with Crippen LogP contribution in [0.4, 0.5) is 0 Å². The van der Waals surface area contributed by atoms with E-state index in [1.54, 1.807) is 0 Å². The maximum atomic E-state index is 11.8. The Morgan fingerprint density at radius 2 is 1.62 bits per heavy atom. The zero-order valence-electron chi connectivity index (χ0n) is 10.2. The van der Waals surface area contributed by atoms with Gasteiger partial charge in [-0.3, -0.25) is 0 Å². The van der Waals surface area contributed by atoms with Crippen LogP contribution < -0.4 is 0 Å². The Labute approximate surface area is 98.1 Å². The number of ether oxygens (including phenoxy) is 1. The number of allylic oxidation sites excluding steroid dienone is 1. The fourth-order valence-corrected chi connectivity index (χ4v) is 3.10. The molecule has 0 aromatic rings. The highest BCUT2D eigenvalue weighted by Gasteiger charge is 2.26. The van der Waals surface area contributed by atoms with E-state index in [-0.39, 0.29) is 5.97 Å². The molecule has 0 radical (unpaired) electrons. The van der Waals surface area contributed by atoms with Crippen molar-refractivity contribution < 1.29 is 9.53 Å². The number of carbonyl (C=O) groups is 1. The molecule has 0 aromatic carbocycles. The van der Waals surface area contributed by atoms with Gasteiger partial charge in [0.05, 0.1) is 7.11 Å². The number of esters is 1. The van der Waals surface area contributed by atoms with E-state index in [4.69, 9.17) is 4.74 Å². The SMILES string of the molecule is COC(=O)C(=CC1CCCC1)C1CCCC1. The molecule has 2 saturated carbocycles. The molecule has 0 amide bonds. The lowest BCUT2D eigenvalue weighted by molar-refractivity contribution is -0.136. The summed E-state index contributed by atoms with van der Waals surface area (Å²) in [5.41, 5.74) is 0.979. The van der Waals surface area contributed by atoms with Gasteiger partial charge in [-0.25, -0.2) is 4.79 Å². The molecule has 0 heterocycles. The van der Waals surface area contributed by atoms with Crippen molar-refractivity contribution in [1.29, 1.82) is 0 Å². The Balaban J connectivity index is 2.08. The second-order valence-corrected chi connectivity index (χ2v) is 5.14. The van der Waals surface area contributed by atoms with Gasteiger partial charge in [-0.2, -0.15) is 0 Å². The lowest BCUT2D eigenvalue weighted by atomic mass is 9.93. The summed E-state index contributed by atoms with van der Waals surface area (Å²) in [6, 6.07) is 0. The lowest BCUT2D eigenvalue weighted by Gasteiger charge is -2.14. The van der Waals surface area contributed by atoms with E-state index < -0.39 is 0 Å². The summed E-state index contributed by atoms with van der Waals surface area (Å²) in [6.07, 6.45) is 12.3. The Hall–Kier alpha value is -0.790. The summed E-state index contributed by atoms with van der Waals surface area (Å²) in [7, 11) is 1.50. The van der Waals surface area contributed by atoms with Gasteiger partial charge >= 0.3 is 5.97 Å². The number of hydrogen-bond donors (Lipinski definition) is 0. The molecule has 2 aliphatic rings. The standard InChI is InChI=1S/C14H22O2/c1-16-14(15)13(12-8-4-5-9-12)10-11-6-2-3-7-11/h10-12H,2-9H2,1H3. The Morgan fingerprint density at radius 3 is 2.19 bits per heavy atom. The van der Waals surface area contributed by atoms with Crippen LogP contribution >= 0.6 is 0 Å². The van der Waals surface area contributed by atoms with E-state index >= 15 is 0 Å². The van der Waals surface area contributed by atoms with Gasteiger partial charge in [0.15, 0.2) is 0 Å². The number of methoxy groups -OCH3 is 1. The third-order valence-electron chi connectivity index (χ3n) is 4.03. The predicted octanol–water partition coefficient (Wildman–Crippen LogP) is 3.47. The minimum atomic E-state index is -0.0844. The van der Waals surface area contributed by atoms with Gasteiger partial charge in [0.1, 0.15) is 0 Å². The van der Waals surface area contributed by atoms with E-state index in [0.717, 1.165) is 5.57 Å². The molecule has 2 aliphatic carbocycles. The van der Waals surface area contributed by atoms with Gasteiger partial charge in [-0.15, -0.1) is 0 Å². The largest absolute Gasteiger partial charge is 0.466 e. The smallest absolute Gasteiger partial charge is 0.333 e. The molecule has 0 spiro atoms. The summed E-state index contributed by atoms with van der Waals surface area (Å²) < 4.78 is 4.93. The van der Waals surface area contributed by atoms with Crippen molar-refractivity contribution in [3.63, 3.8) is 0 Å². The molecule has 16 heavy (non-hydrogen) atoms. The number of hydrogen-bond acceptors (Lipinski definition) is 2. The second-order valence-electron chi connectivity index (χ2n) is 5.14. The Morgan fingerprint density at radius 1 is 1.06 bits per heavy atom. The Kier molecular flexibility index (Phi) is 4.03. The average Bonchev–Trinajstić information content (AvgIpc) is 2.97. The quantitative estimate of drug-likeness (QED) is 0.540. The zero-order chi connectivity index (χ0) is 11.4. The first-order valence-corrected chi connectivity index (χ1v) is 6.61. The second kappa shape index (κ2) is 5.51. The number of rotatable bonds is 3. The third kappa shape index (κ3) is 2.66. The Bertz CT molecular complexity index is 268. The van der Waals surface area contributed by atoms with Crippen LogP contribution in [0.5, 0.6) is 0 Å². The minimum Gasteiger partial charge on any atom is -0.466 e. The van der Waals surface area contributed by atoms with Crippen LogP contribution in [-0.2, 0) is 9.53 Å². The van der Waals surface area contributed by atoms with Crippen LogP contribution in [0.15, 0.2) is 11.6 Å². The molecule has 0 saturated heterocycles. The first-order valence-electron chi connectivity index (χ1n) is 6.61. The molecular formula is C14H22O2. The van der Waals surface area contributed by atoms with E-state index in [9.17, 15) is 4.79 Å². The molecule has 2 fully saturated rings. The maximum absolute atomic E-state index is 11.8. The molecule has 90 valence electrons. The molecule has 2 rings (SSSR count). The van der Waals surface area contributed by atoms with E-state index in [1.165, 1.54) is 58.5 Å². The summed E-state index contributed by atoms with van der Waals surface area (Å²) in [5.74, 6) is 1.03. The fraction of sp³-hybridized carbons (Fsp3) is 0.786. The van der Waals surface area contributed by atoms with Crippen molar-refractivity contribution in [2.45, 2.75) is 51.4 Å². The van der Waals surface area contributed by atoms with Crippen molar-refractivity contribution in [3.8, 4) is 0 Å². The molecular weight excluding hydrogens is 200 g/mol. The van der Waals surface area contributed by atoms with Crippen molar-refractivity contribution in [2.24, 2.45) is 11.8 Å². The third-order valence-corrected chi connectivity index (χ3v) is 4.03. The van der Waals surface area contributed by atoms with Crippen LogP contribution in [-0.4, -0.2) is 13.1 Å². The highest BCUT2D eigenvalue weighted by Crippen LogP contribution is 2.35. The lowest BCUT2D eigenvalue weighted by Crippen LogP contribution is -2.13. The predicted molar refractivity (Wildman–Crippen MR) is 64.0 cm³/mol. The van der Waals surface area contributed by atoms with Crippen LogP contribution in [0.25, 0.3) is 0 Å². The van der Waals surface area contributed by atoms with Crippen LogP contribution in [0, 0.1) is 11.8 Å². The van der Waals surface area contributed by atoms with Gasteiger partial charge < -0.3 is 4.74 Å². The summed E-state index contributed by atoms with van der Waals surface area (Å²) >= 11 is 0.